The highest BCUT2D eigenvalue weighted by molar-refractivity contribution is 7.99. The van der Waals surface area contributed by atoms with Crippen LogP contribution in [0.4, 0.5) is 5.69 Å². The second-order valence-electron chi connectivity index (χ2n) is 4.76. The van der Waals surface area contributed by atoms with Gasteiger partial charge in [0.05, 0.1) is 4.92 Å². The maximum Gasteiger partial charge on any atom is 0.319 e. The number of nitrogens with zero attached hydrogens (tertiary/aromatic N) is 2. The molecule has 114 valence electrons. The molecule has 2 rings (SSSR count). The predicted molar refractivity (Wildman–Crippen MR) is 82.9 cm³/mol. The summed E-state index contributed by atoms with van der Waals surface area (Å²) in [5, 5.41) is 14.1. The number of amides is 1. The first-order valence-corrected chi connectivity index (χ1v) is 8.18. The number of hydrogen-bond donors (Lipinski definition) is 1. The molecule has 1 fully saturated rings. The Labute approximate surface area is 131 Å². The number of carbonyl (C=O) groups is 1. The van der Waals surface area contributed by atoms with Gasteiger partial charge in [0.2, 0.25) is 5.15 Å². The lowest BCUT2D eigenvalue weighted by atomic mass is 10.2. The largest absolute Gasteiger partial charge is 0.348 e. The summed E-state index contributed by atoms with van der Waals surface area (Å²) >= 11 is 7.54. The number of thioether (sulfide) groups is 1. The zero-order chi connectivity index (χ0) is 15.4. The van der Waals surface area contributed by atoms with E-state index < -0.39 is 16.5 Å². The van der Waals surface area contributed by atoms with Crippen LogP contribution in [-0.2, 0) is 0 Å². The first kappa shape index (κ1) is 16.0. The molecule has 8 heteroatoms. The van der Waals surface area contributed by atoms with E-state index in [9.17, 15) is 14.9 Å². The minimum absolute atomic E-state index is 0.0350. The molecule has 0 spiro atoms. The molecule has 0 saturated heterocycles. The maximum absolute atomic E-state index is 12.3. The van der Waals surface area contributed by atoms with Crippen LogP contribution in [0.2, 0.25) is 5.15 Å². The van der Waals surface area contributed by atoms with Gasteiger partial charge in [-0.05, 0) is 24.7 Å². The SMILES string of the molecule is CCSC1CCCC1NC(=O)c1ccnc(Cl)c1[N+](=O)[O-]. The Morgan fingerprint density at radius 1 is 1.62 bits per heavy atom. The summed E-state index contributed by atoms with van der Waals surface area (Å²) in [7, 11) is 0. The van der Waals surface area contributed by atoms with Gasteiger partial charge in [0.15, 0.2) is 0 Å². The third kappa shape index (κ3) is 3.65. The molecule has 1 saturated carbocycles. The summed E-state index contributed by atoms with van der Waals surface area (Å²) in [5.74, 6) is 0.526. The molecular weight excluding hydrogens is 314 g/mol. The molecule has 21 heavy (non-hydrogen) atoms. The van der Waals surface area contributed by atoms with E-state index in [-0.39, 0.29) is 16.8 Å². The Balaban J connectivity index is 2.17. The first-order valence-electron chi connectivity index (χ1n) is 6.76. The van der Waals surface area contributed by atoms with Gasteiger partial charge >= 0.3 is 5.69 Å². The standard InChI is InChI=1S/C13H16ClN3O3S/c1-2-21-10-5-3-4-9(10)16-13(18)8-6-7-15-12(14)11(8)17(19)20/h6-7,9-10H,2-5H2,1H3,(H,16,18). The number of aromatic nitrogens is 1. The molecule has 2 atom stereocenters. The van der Waals surface area contributed by atoms with Gasteiger partial charge in [0, 0.05) is 17.5 Å². The zero-order valence-electron chi connectivity index (χ0n) is 11.5. The third-order valence-corrected chi connectivity index (χ3v) is 5.06. The molecule has 1 aliphatic rings. The minimum atomic E-state index is -0.669. The van der Waals surface area contributed by atoms with Crippen LogP contribution in [-0.4, -0.2) is 32.9 Å². The second kappa shape index (κ2) is 7.09. The highest BCUT2D eigenvalue weighted by atomic mass is 35.5. The minimum Gasteiger partial charge on any atom is -0.348 e. The van der Waals surface area contributed by atoms with Crippen molar-refractivity contribution in [2.75, 3.05) is 5.75 Å². The van der Waals surface area contributed by atoms with E-state index in [1.807, 2.05) is 11.8 Å². The Hall–Kier alpha value is -1.34. The van der Waals surface area contributed by atoms with Crippen LogP contribution in [0.15, 0.2) is 12.3 Å². The van der Waals surface area contributed by atoms with E-state index in [1.54, 1.807) is 0 Å². The van der Waals surface area contributed by atoms with E-state index >= 15 is 0 Å². The van der Waals surface area contributed by atoms with Crippen LogP contribution in [0.1, 0.15) is 36.5 Å². The molecule has 0 aliphatic heterocycles. The van der Waals surface area contributed by atoms with Crippen LogP contribution in [0.5, 0.6) is 0 Å². The van der Waals surface area contributed by atoms with E-state index in [1.165, 1.54) is 12.3 Å². The van der Waals surface area contributed by atoms with Crippen molar-refractivity contribution in [1.29, 1.82) is 0 Å². The number of nitro groups is 1. The average Bonchev–Trinajstić information content (AvgIpc) is 2.85. The molecule has 0 bridgehead atoms. The van der Waals surface area contributed by atoms with Crippen molar-refractivity contribution in [3.05, 3.63) is 33.1 Å². The summed E-state index contributed by atoms with van der Waals surface area (Å²) in [6.45, 7) is 2.08. The first-order chi connectivity index (χ1) is 10.0. The van der Waals surface area contributed by atoms with Crippen LogP contribution >= 0.6 is 23.4 Å². The van der Waals surface area contributed by atoms with Crippen LogP contribution in [0.3, 0.4) is 0 Å². The number of halogens is 1. The Morgan fingerprint density at radius 2 is 2.38 bits per heavy atom. The van der Waals surface area contributed by atoms with Gasteiger partial charge in [-0.15, -0.1) is 0 Å². The number of carbonyl (C=O) groups excluding carboxylic acids is 1. The summed E-state index contributed by atoms with van der Waals surface area (Å²) in [6, 6.07) is 1.38. The molecule has 1 amide bonds. The van der Waals surface area contributed by atoms with Gasteiger partial charge < -0.3 is 5.32 Å². The normalized spacial score (nSPS) is 21.2. The number of rotatable bonds is 5. The number of nitrogens with one attached hydrogen (secondary N) is 1. The van der Waals surface area contributed by atoms with Gasteiger partial charge in [0.25, 0.3) is 5.91 Å². The van der Waals surface area contributed by atoms with Crippen molar-refractivity contribution in [2.45, 2.75) is 37.5 Å². The third-order valence-electron chi connectivity index (χ3n) is 3.46. The number of hydrogen-bond acceptors (Lipinski definition) is 5. The molecule has 1 aromatic heterocycles. The van der Waals surface area contributed by atoms with Gasteiger partial charge in [-0.2, -0.15) is 11.8 Å². The molecule has 0 radical (unpaired) electrons. The highest BCUT2D eigenvalue weighted by Gasteiger charge is 2.31. The summed E-state index contributed by atoms with van der Waals surface area (Å²) in [6.07, 6.45) is 4.32. The van der Waals surface area contributed by atoms with Crippen molar-refractivity contribution in [2.24, 2.45) is 0 Å². The van der Waals surface area contributed by atoms with Crippen molar-refractivity contribution in [3.63, 3.8) is 0 Å². The summed E-state index contributed by atoms with van der Waals surface area (Å²) in [5.41, 5.74) is -0.471. The van der Waals surface area contributed by atoms with Crippen molar-refractivity contribution < 1.29 is 9.72 Å². The van der Waals surface area contributed by atoms with Crippen molar-refractivity contribution in [3.8, 4) is 0 Å². The molecule has 2 unspecified atom stereocenters. The van der Waals surface area contributed by atoms with E-state index in [0.717, 1.165) is 25.0 Å². The van der Waals surface area contributed by atoms with E-state index in [0.29, 0.717) is 5.25 Å². The molecule has 6 nitrogen and oxygen atoms in total. The van der Waals surface area contributed by atoms with Crippen LogP contribution in [0, 0.1) is 10.1 Å². The van der Waals surface area contributed by atoms with E-state index in [2.05, 4.69) is 17.2 Å². The smallest absolute Gasteiger partial charge is 0.319 e. The van der Waals surface area contributed by atoms with Gasteiger partial charge in [-0.1, -0.05) is 24.9 Å². The van der Waals surface area contributed by atoms with Crippen LogP contribution in [0.25, 0.3) is 0 Å². The monoisotopic (exact) mass is 329 g/mol. The molecule has 0 aromatic carbocycles. The maximum atomic E-state index is 12.3. The fourth-order valence-electron chi connectivity index (χ4n) is 2.54. The van der Waals surface area contributed by atoms with Crippen molar-refractivity contribution in [1.82, 2.24) is 10.3 Å². The fraction of sp³-hybridized carbons (Fsp3) is 0.538. The van der Waals surface area contributed by atoms with Gasteiger partial charge in [-0.25, -0.2) is 4.98 Å². The average molecular weight is 330 g/mol. The van der Waals surface area contributed by atoms with Crippen LogP contribution < -0.4 is 5.32 Å². The summed E-state index contributed by atoms with van der Waals surface area (Å²) in [4.78, 5) is 26.4. The molecule has 1 heterocycles. The molecule has 1 aliphatic carbocycles. The lowest BCUT2D eigenvalue weighted by Crippen LogP contribution is -2.39. The number of pyridine rings is 1. The lowest BCUT2D eigenvalue weighted by molar-refractivity contribution is -0.385. The van der Waals surface area contributed by atoms with Gasteiger partial charge in [0.1, 0.15) is 5.56 Å². The van der Waals surface area contributed by atoms with Crippen molar-refractivity contribution >= 4 is 35.0 Å². The second-order valence-corrected chi connectivity index (χ2v) is 6.63. The lowest BCUT2D eigenvalue weighted by Gasteiger charge is -2.20. The summed E-state index contributed by atoms with van der Waals surface area (Å²) < 4.78 is 0. The van der Waals surface area contributed by atoms with E-state index in [4.69, 9.17) is 11.6 Å². The Morgan fingerprint density at radius 3 is 3.05 bits per heavy atom. The zero-order valence-corrected chi connectivity index (χ0v) is 13.1. The molecular formula is C13H16ClN3O3S. The predicted octanol–water partition coefficient (Wildman–Crippen LogP) is 3.05. The highest BCUT2D eigenvalue weighted by Crippen LogP contribution is 2.31. The Bertz CT molecular complexity index is 555. The van der Waals surface area contributed by atoms with Gasteiger partial charge in [-0.3, -0.25) is 14.9 Å². The molecule has 1 N–H and O–H groups in total. The Kier molecular flexibility index (Phi) is 5.41. The quantitative estimate of drug-likeness (QED) is 0.510. The topological polar surface area (TPSA) is 85.1 Å². The fourth-order valence-corrected chi connectivity index (χ4v) is 3.96. The molecule has 1 aromatic rings.